The van der Waals surface area contributed by atoms with Crippen LogP contribution in [0.4, 0.5) is 0 Å². The van der Waals surface area contributed by atoms with E-state index >= 15 is 0 Å². The van der Waals surface area contributed by atoms with Gasteiger partial charge in [-0.25, -0.2) is 11.0 Å². The van der Waals surface area contributed by atoms with E-state index in [0.29, 0.717) is 0 Å². The van der Waals surface area contributed by atoms with E-state index in [-0.39, 0.29) is 0 Å². The van der Waals surface area contributed by atoms with Gasteiger partial charge in [0, 0.05) is 0 Å². The van der Waals surface area contributed by atoms with Gasteiger partial charge in [0.15, 0.2) is 0 Å². The Morgan fingerprint density at radius 1 is 1.67 bits per heavy atom. The molecule has 34 valence electrons. The maximum absolute atomic E-state index is 5.11. The molecule has 0 aliphatic carbocycles. The van der Waals surface area contributed by atoms with E-state index < -0.39 is 0 Å². The number of hydrazine groups is 1. The first-order valence-corrected chi connectivity index (χ1v) is 1.79. The highest BCUT2D eigenvalue weighted by Crippen LogP contribution is 1.89. The fraction of sp³-hybridized carbons (Fsp3) is 1.00. The summed E-state index contributed by atoms with van der Waals surface area (Å²) >= 11 is 0. The Bertz CT molecular complexity index is 67.9. The van der Waals surface area contributed by atoms with Crippen LogP contribution >= 0.6 is 0 Å². The molecule has 0 bridgehead atoms. The maximum Gasteiger partial charge on any atom is 0.0829 e. The third-order valence-electron chi connectivity index (χ3n) is 0.607. The molecule has 0 aromatic carbocycles. The Morgan fingerprint density at radius 2 is 2.50 bits per heavy atom. The Labute approximate surface area is 35.6 Å². The van der Waals surface area contributed by atoms with Crippen molar-refractivity contribution in [2.24, 2.45) is 16.2 Å². The number of hydrogen-bond acceptors (Lipinski definition) is 4. The normalized spacial score (nSPS) is 19.8. The van der Waals surface area contributed by atoms with Crippen molar-refractivity contribution in [3.8, 4) is 0 Å². The zero-order valence-electron chi connectivity index (χ0n) is 3.33. The lowest BCUT2D eigenvalue weighted by molar-refractivity contribution is 0.333. The molecule has 4 nitrogen and oxygen atoms in total. The van der Waals surface area contributed by atoms with Gasteiger partial charge in [0.25, 0.3) is 0 Å². The SMILES string of the molecule is NN1CCN=N1. The van der Waals surface area contributed by atoms with Crippen LogP contribution in [0.5, 0.6) is 0 Å². The fourth-order valence-electron chi connectivity index (χ4n) is 0.318. The summed E-state index contributed by atoms with van der Waals surface area (Å²) in [6.07, 6.45) is 0. The number of hydrogen-bond donors (Lipinski definition) is 1. The van der Waals surface area contributed by atoms with E-state index in [0.717, 1.165) is 13.1 Å². The molecule has 0 saturated heterocycles. The molecule has 1 heterocycles. The molecule has 1 rings (SSSR count). The average molecular weight is 86.1 g/mol. The van der Waals surface area contributed by atoms with Crippen LogP contribution in [-0.2, 0) is 0 Å². The molecule has 0 unspecified atom stereocenters. The third kappa shape index (κ3) is 0.463. The van der Waals surface area contributed by atoms with Crippen molar-refractivity contribution in [1.82, 2.24) is 5.12 Å². The lowest BCUT2D eigenvalue weighted by Crippen LogP contribution is -2.22. The Balaban J connectivity index is 2.38. The lowest BCUT2D eigenvalue weighted by atomic mass is 10.7. The monoisotopic (exact) mass is 86.1 g/mol. The first kappa shape index (κ1) is 3.55. The van der Waals surface area contributed by atoms with Crippen molar-refractivity contribution in [2.75, 3.05) is 13.1 Å². The quantitative estimate of drug-likeness (QED) is 0.406. The first-order valence-electron chi connectivity index (χ1n) is 1.79. The van der Waals surface area contributed by atoms with Crippen LogP contribution in [0, 0.1) is 0 Å². The summed E-state index contributed by atoms with van der Waals surface area (Å²) < 4.78 is 0. The lowest BCUT2D eigenvalue weighted by Gasteiger charge is -1.96. The predicted molar refractivity (Wildman–Crippen MR) is 20.6 cm³/mol. The molecular weight excluding hydrogens is 80.1 g/mol. The topological polar surface area (TPSA) is 54.0 Å². The maximum atomic E-state index is 5.11. The van der Waals surface area contributed by atoms with Crippen molar-refractivity contribution in [3.63, 3.8) is 0 Å². The molecule has 6 heavy (non-hydrogen) atoms. The van der Waals surface area contributed by atoms with Crippen molar-refractivity contribution in [1.29, 1.82) is 0 Å². The summed E-state index contributed by atoms with van der Waals surface area (Å²) in [5, 5.41) is 8.38. The second kappa shape index (κ2) is 1.22. The van der Waals surface area contributed by atoms with Gasteiger partial charge >= 0.3 is 0 Å². The van der Waals surface area contributed by atoms with E-state index in [1.165, 1.54) is 5.12 Å². The third-order valence-corrected chi connectivity index (χ3v) is 0.607. The van der Waals surface area contributed by atoms with Gasteiger partial charge < -0.3 is 0 Å². The van der Waals surface area contributed by atoms with Crippen molar-refractivity contribution in [2.45, 2.75) is 0 Å². The van der Waals surface area contributed by atoms with Gasteiger partial charge in [0.1, 0.15) is 0 Å². The smallest absolute Gasteiger partial charge is 0.0829 e. The molecule has 0 saturated carbocycles. The second-order valence-corrected chi connectivity index (χ2v) is 1.12. The number of nitrogens with zero attached hydrogens (tertiary/aromatic N) is 3. The van der Waals surface area contributed by atoms with Crippen LogP contribution in [0.2, 0.25) is 0 Å². The van der Waals surface area contributed by atoms with Gasteiger partial charge in [-0.05, 0) is 0 Å². The predicted octanol–water partition coefficient (Wildman–Crippen LogP) is -0.457. The molecule has 1 aliphatic heterocycles. The summed E-state index contributed by atoms with van der Waals surface area (Å²) in [5.41, 5.74) is 0. The fourth-order valence-corrected chi connectivity index (χ4v) is 0.318. The van der Waals surface area contributed by atoms with Crippen LogP contribution in [0.1, 0.15) is 0 Å². The molecule has 0 spiro atoms. The molecule has 0 aromatic rings. The molecule has 0 radical (unpaired) electrons. The molecule has 0 atom stereocenters. The van der Waals surface area contributed by atoms with Crippen LogP contribution < -0.4 is 5.84 Å². The summed E-state index contributed by atoms with van der Waals surface area (Å²) in [7, 11) is 0. The minimum Gasteiger partial charge on any atom is -0.230 e. The van der Waals surface area contributed by atoms with E-state index in [1.54, 1.807) is 0 Å². The van der Waals surface area contributed by atoms with Crippen LogP contribution in [0.15, 0.2) is 10.3 Å². The standard InChI is InChI=1S/C2H6N4/c3-6-2-1-4-5-6/h1-3H2. The largest absolute Gasteiger partial charge is 0.230 e. The van der Waals surface area contributed by atoms with Crippen LogP contribution in [-0.4, -0.2) is 18.2 Å². The van der Waals surface area contributed by atoms with Crippen LogP contribution in [0.25, 0.3) is 0 Å². The number of rotatable bonds is 0. The Morgan fingerprint density at radius 3 is 2.67 bits per heavy atom. The Hall–Kier alpha value is -0.640. The summed E-state index contributed by atoms with van der Waals surface area (Å²) in [6, 6.07) is 0. The van der Waals surface area contributed by atoms with E-state index in [2.05, 4.69) is 10.3 Å². The highest BCUT2D eigenvalue weighted by Gasteiger charge is 1.96. The van der Waals surface area contributed by atoms with Gasteiger partial charge in [-0.3, -0.25) is 0 Å². The molecule has 2 N–H and O–H groups in total. The summed E-state index contributed by atoms with van der Waals surface area (Å²) in [6.45, 7) is 1.51. The Kier molecular flexibility index (Phi) is 0.719. The first-order chi connectivity index (χ1) is 2.89. The minimum atomic E-state index is 0.747. The van der Waals surface area contributed by atoms with Gasteiger partial charge in [0.05, 0.1) is 13.1 Å². The molecular formula is C2H6N4. The van der Waals surface area contributed by atoms with Gasteiger partial charge in [-0.15, -0.1) is 0 Å². The van der Waals surface area contributed by atoms with E-state index in [1.807, 2.05) is 0 Å². The van der Waals surface area contributed by atoms with E-state index in [4.69, 9.17) is 5.84 Å². The molecule has 4 heteroatoms. The van der Waals surface area contributed by atoms with Gasteiger partial charge in [0.2, 0.25) is 0 Å². The average Bonchev–Trinajstić information content (AvgIpc) is 1.86. The second-order valence-electron chi connectivity index (χ2n) is 1.12. The zero-order chi connectivity index (χ0) is 4.41. The van der Waals surface area contributed by atoms with Crippen molar-refractivity contribution >= 4 is 0 Å². The molecule has 1 aliphatic rings. The van der Waals surface area contributed by atoms with Gasteiger partial charge in [-0.2, -0.15) is 5.11 Å². The van der Waals surface area contributed by atoms with Crippen molar-refractivity contribution in [3.05, 3.63) is 0 Å². The van der Waals surface area contributed by atoms with E-state index in [9.17, 15) is 0 Å². The van der Waals surface area contributed by atoms with Crippen molar-refractivity contribution < 1.29 is 0 Å². The molecule has 0 amide bonds. The van der Waals surface area contributed by atoms with Gasteiger partial charge in [-0.1, -0.05) is 5.22 Å². The number of nitrogens with two attached hydrogens (primary N) is 1. The van der Waals surface area contributed by atoms with Crippen LogP contribution in [0.3, 0.4) is 0 Å². The summed E-state index contributed by atoms with van der Waals surface area (Å²) in [4.78, 5) is 0. The minimum absolute atomic E-state index is 0.747. The highest BCUT2D eigenvalue weighted by molar-refractivity contribution is 4.47. The molecule has 0 aromatic heterocycles. The summed E-state index contributed by atoms with van der Waals surface area (Å²) in [5.74, 6) is 5.11. The molecule has 0 fully saturated rings. The highest BCUT2D eigenvalue weighted by atomic mass is 15.7. The zero-order valence-corrected chi connectivity index (χ0v) is 3.33.